The van der Waals surface area contributed by atoms with Crippen LogP contribution in [0.1, 0.15) is 50.3 Å². The molecule has 236 valence electrons. The summed E-state index contributed by atoms with van der Waals surface area (Å²) in [5.74, 6) is 1.89. The molecule has 0 amide bonds. The van der Waals surface area contributed by atoms with Crippen LogP contribution in [0.4, 0.5) is 11.4 Å². The van der Waals surface area contributed by atoms with Crippen molar-refractivity contribution in [1.82, 2.24) is 0 Å². The molecule has 0 aliphatic carbocycles. The third-order valence-corrected chi connectivity index (χ3v) is 7.94. The van der Waals surface area contributed by atoms with E-state index < -0.39 is 23.0 Å². The SMILES string of the molecule is COCCCOc1cc(C[C@@H](C[C@H](N)[C@@H](O)CNc2c(NC(C)Cc3ccc(C)cc3)c(=O)c2=O)C(C)C)ccc1OC. The molecule has 0 aliphatic rings. The van der Waals surface area contributed by atoms with Crippen LogP contribution in [0.5, 0.6) is 11.5 Å². The molecule has 3 aromatic rings. The van der Waals surface area contributed by atoms with E-state index in [1.165, 1.54) is 5.56 Å². The first-order valence-corrected chi connectivity index (χ1v) is 15.2. The van der Waals surface area contributed by atoms with Crippen LogP contribution in [0.3, 0.4) is 0 Å². The molecule has 43 heavy (non-hydrogen) atoms. The van der Waals surface area contributed by atoms with Gasteiger partial charge in [0.1, 0.15) is 11.4 Å². The minimum absolute atomic E-state index is 0.0558. The van der Waals surface area contributed by atoms with Gasteiger partial charge in [0, 0.05) is 38.8 Å². The highest BCUT2D eigenvalue weighted by Crippen LogP contribution is 2.31. The van der Waals surface area contributed by atoms with Crippen molar-refractivity contribution in [2.45, 2.75) is 71.6 Å². The smallest absolute Gasteiger partial charge is 0.253 e. The highest BCUT2D eigenvalue weighted by molar-refractivity contribution is 5.74. The number of benzene rings is 2. The van der Waals surface area contributed by atoms with E-state index in [0.717, 1.165) is 24.0 Å². The average molecular weight is 596 g/mol. The molecular weight excluding hydrogens is 546 g/mol. The van der Waals surface area contributed by atoms with Crippen LogP contribution in [0.25, 0.3) is 0 Å². The number of nitrogens with one attached hydrogen (secondary N) is 2. The van der Waals surface area contributed by atoms with Crippen LogP contribution in [-0.2, 0) is 17.6 Å². The Hall–Kier alpha value is -3.40. The fraction of sp³-hybridized carbons (Fsp3) is 0.529. The second-order valence-electron chi connectivity index (χ2n) is 11.9. The molecule has 0 aromatic heterocycles. The lowest BCUT2D eigenvalue weighted by Gasteiger charge is -2.28. The molecule has 0 aliphatic heterocycles. The van der Waals surface area contributed by atoms with Gasteiger partial charge >= 0.3 is 0 Å². The molecule has 3 aromatic carbocycles. The second-order valence-corrected chi connectivity index (χ2v) is 11.9. The molecule has 0 radical (unpaired) electrons. The van der Waals surface area contributed by atoms with Gasteiger partial charge < -0.3 is 35.7 Å². The monoisotopic (exact) mass is 595 g/mol. The van der Waals surface area contributed by atoms with Crippen molar-refractivity contribution in [1.29, 1.82) is 0 Å². The maximum Gasteiger partial charge on any atom is 0.253 e. The molecule has 0 saturated heterocycles. The summed E-state index contributed by atoms with van der Waals surface area (Å²) >= 11 is 0. The highest BCUT2D eigenvalue weighted by Gasteiger charge is 2.26. The number of nitrogens with two attached hydrogens (primary N) is 1. The van der Waals surface area contributed by atoms with Gasteiger partial charge in [-0.1, -0.05) is 49.7 Å². The first kappa shape index (κ1) is 34.1. The van der Waals surface area contributed by atoms with Crippen molar-refractivity contribution < 1.29 is 19.3 Å². The summed E-state index contributed by atoms with van der Waals surface area (Å²) in [4.78, 5) is 24.6. The molecule has 9 nitrogen and oxygen atoms in total. The van der Waals surface area contributed by atoms with E-state index in [-0.39, 0.29) is 29.9 Å². The number of rotatable bonds is 19. The van der Waals surface area contributed by atoms with Crippen molar-refractivity contribution >= 4 is 11.4 Å². The molecule has 3 rings (SSSR count). The third kappa shape index (κ3) is 9.81. The number of hydrogen-bond donors (Lipinski definition) is 4. The van der Waals surface area contributed by atoms with Crippen LogP contribution in [0, 0.1) is 18.8 Å². The van der Waals surface area contributed by atoms with Gasteiger partial charge in [0.15, 0.2) is 11.5 Å². The Kier molecular flexibility index (Phi) is 13.0. The summed E-state index contributed by atoms with van der Waals surface area (Å²) in [6.45, 7) is 9.52. The molecule has 4 atom stereocenters. The zero-order chi connectivity index (χ0) is 31.5. The van der Waals surface area contributed by atoms with E-state index in [2.05, 4.69) is 48.7 Å². The minimum atomic E-state index is -0.904. The van der Waals surface area contributed by atoms with Crippen molar-refractivity contribution in [3.8, 4) is 11.5 Å². The standard InChI is InChI=1S/C34H49N3O6/c1-21(2)26(17-25-12-13-29(42-6)30(18-25)43-15-7-14-41-5)19-27(35)28(38)20-36-31-32(34(40)33(31)39)37-23(4)16-24-10-8-22(3)9-11-24/h8-13,18,21,23,26-28,36-38H,7,14-17,19-20,35H2,1-6H3/t23?,26-,27-,28-/m0/s1. The van der Waals surface area contributed by atoms with E-state index >= 15 is 0 Å². The third-order valence-electron chi connectivity index (χ3n) is 7.94. The van der Waals surface area contributed by atoms with Crippen LogP contribution in [-0.4, -0.2) is 57.3 Å². The Bertz CT molecular complexity index is 1350. The Balaban J connectivity index is 1.57. The molecule has 0 saturated carbocycles. The predicted octanol–water partition coefficient (Wildman–Crippen LogP) is 4.06. The lowest BCUT2D eigenvalue weighted by molar-refractivity contribution is 0.137. The predicted molar refractivity (Wildman–Crippen MR) is 173 cm³/mol. The number of anilines is 2. The van der Waals surface area contributed by atoms with E-state index in [0.29, 0.717) is 43.5 Å². The quantitative estimate of drug-likeness (QED) is 0.120. The van der Waals surface area contributed by atoms with Crippen LogP contribution in [0.2, 0.25) is 0 Å². The van der Waals surface area contributed by atoms with Gasteiger partial charge in [-0.2, -0.15) is 0 Å². The molecule has 0 heterocycles. The summed E-state index contributed by atoms with van der Waals surface area (Å²) in [6, 6.07) is 13.6. The Labute approximate surface area is 255 Å². The zero-order valence-electron chi connectivity index (χ0n) is 26.4. The summed E-state index contributed by atoms with van der Waals surface area (Å²) in [5, 5.41) is 17.1. The van der Waals surface area contributed by atoms with Crippen molar-refractivity contribution in [2.75, 3.05) is 44.6 Å². The summed E-state index contributed by atoms with van der Waals surface area (Å²) in [7, 11) is 3.29. The number of hydrogen-bond acceptors (Lipinski definition) is 9. The van der Waals surface area contributed by atoms with E-state index in [1.807, 2.05) is 32.0 Å². The van der Waals surface area contributed by atoms with E-state index in [1.54, 1.807) is 14.2 Å². The number of ether oxygens (including phenoxy) is 3. The van der Waals surface area contributed by atoms with Gasteiger partial charge in [0.05, 0.1) is 19.8 Å². The lowest BCUT2D eigenvalue weighted by Crippen LogP contribution is -2.44. The fourth-order valence-corrected chi connectivity index (χ4v) is 5.18. The van der Waals surface area contributed by atoms with Crippen LogP contribution in [0.15, 0.2) is 52.1 Å². The minimum Gasteiger partial charge on any atom is -0.493 e. The van der Waals surface area contributed by atoms with Gasteiger partial charge in [0.25, 0.3) is 10.9 Å². The van der Waals surface area contributed by atoms with Crippen molar-refractivity contribution in [3.63, 3.8) is 0 Å². The first-order chi connectivity index (χ1) is 20.5. The topological polar surface area (TPSA) is 132 Å². The first-order valence-electron chi connectivity index (χ1n) is 15.2. The Morgan fingerprint density at radius 1 is 0.884 bits per heavy atom. The fourth-order valence-electron chi connectivity index (χ4n) is 5.18. The molecular formula is C34H49N3O6. The largest absolute Gasteiger partial charge is 0.493 e. The number of methoxy groups -OCH3 is 2. The average Bonchev–Trinajstić information content (AvgIpc) is 2.99. The zero-order valence-corrected chi connectivity index (χ0v) is 26.4. The van der Waals surface area contributed by atoms with E-state index in [4.69, 9.17) is 19.9 Å². The van der Waals surface area contributed by atoms with E-state index in [9.17, 15) is 14.7 Å². The maximum absolute atomic E-state index is 12.3. The summed E-state index contributed by atoms with van der Waals surface area (Å²) in [6.07, 6.45) is 1.92. The van der Waals surface area contributed by atoms with Gasteiger partial charge in [-0.3, -0.25) is 9.59 Å². The van der Waals surface area contributed by atoms with Gasteiger partial charge in [-0.25, -0.2) is 0 Å². The Morgan fingerprint density at radius 2 is 1.56 bits per heavy atom. The van der Waals surface area contributed by atoms with Crippen molar-refractivity contribution in [3.05, 3.63) is 79.6 Å². The second kappa shape index (κ2) is 16.4. The van der Waals surface area contributed by atoms with Gasteiger partial charge in [-0.15, -0.1) is 0 Å². The normalized spacial score (nSPS) is 14.3. The molecule has 0 fully saturated rings. The number of aliphatic hydroxyl groups is 1. The molecule has 5 N–H and O–H groups in total. The number of aryl methyl sites for hydroxylation is 1. The lowest BCUT2D eigenvalue weighted by atomic mass is 9.83. The molecule has 0 bridgehead atoms. The van der Waals surface area contributed by atoms with Crippen LogP contribution < -0.4 is 36.7 Å². The molecule has 9 heteroatoms. The van der Waals surface area contributed by atoms with Gasteiger partial charge in [-0.05, 0) is 68.2 Å². The maximum atomic E-state index is 12.3. The Morgan fingerprint density at radius 3 is 2.21 bits per heavy atom. The van der Waals surface area contributed by atoms with Gasteiger partial charge in [0.2, 0.25) is 0 Å². The number of aliphatic hydroxyl groups excluding tert-OH is 1. The highest BCUT2D eigenvalue weighted by atomic mass is 16.5. The van der Waals surface area contributed by atoms with Crippen molar-refractivity contribution in [2.24, 2.45) is 17.6 Å². The summed E-state index contributed by atoms with van der Waals surface area (Å²) in [5.41, 5.74) is 9.25. The summed E-state index contributed by atoms with van der Waals surface area (Å²) < 4.78 is 16.5. The molecule has 0 spiro atoms. The van der Waals surface area contributed by atoms with Crippen LogP contribution >= 0.6 is 0 Å². The molecule has 1 unspecified atom stereocenters.